The van der Waals surface area contributed by atoms with Gasteiger partial charge in [-0.1, -0.05) is 66.4 Å². The molecule has 4 aromatic rings. The molecule has 0 bridgehead atoms. The lowest BCUT2D eigenvalue weighted by Gasteiger charge is -2.08. The first kappa shape index (κ1) is 22.7. The minimum atomic E-state index is -0.420. The molecule has 33 heavy (non-hydrogen) atoms. The summed E-state index contributed by atoms with van der Waals surface area (Å²) in [5.41, 5.74) is 7.82. The van der Waals surface area contributed by atoms with Gasteiger partial charge < -0.3 is 0 Å². The molecule has 0 unspecified atom stereocenters. The molecule has 166 valence electrons. The topological polar surface area (TPSA) is 88.2 Å². The number of thiazole rings is 1. The first-order valence-corrected chi connectivity index (χ1v) is 12.1. The summed E-state index contributed by atoms with van der Waals surface area (Å²) in [4.78, 5) is 40.9. The van der Waals surface area contributed by atoms with Crippen LogP contribution in [0.1, 0.15) is 39.1 Å². The van der Waals surface area contributed by atoms with Gasteiger partial charge in [-0.25, -0.2) is 4.98 Å². The fraction of sp³-hybridized carbons (Fsp3) is 0.120. The Bertz CT molecular complexity index is 1240. The Morgan fingerprint density at radius 3 is 2.27 bits per heavy atom. The van der Waals surface area contributed by atoms with Crippen molar-refractivity contribution in [2.24, 2.45) is 0 Å². The summed E-state index contributed by atoms with van der Waals surface area (Å²) in [6, 6.07) is 24.1. The van der Waals surface area contributed by atoms with Gasteiger partial charge in [0.05, 0.1) is 10.2 Å². The van der Waals surface area contributed by atoms with E-state index < -0.39 is 11.8 Å². The Balaban J connectivity index is 1.21. The van der Waals surface area contributed by atoms with Gasteiger partial charge in [0.2, 0.25) is 5.91 Å². The van der Waals surface area contributed by atoms with Crippen LogP contribution < -0.4 is 10.9 Å². The van der Waals surface area contributed by atoms with E-state index >= 15 is 0 Å². The van der Waals surface area contributed by atoms with Crippen molar-refractivity contribution >= 4 is 50.9 Å². The molecule has 0 aliphatic carbocycles. The van der Waals surface area contributed by atoms with Gasteiger partial charge in [-0.15, -0.1) is 11.3 Å². The average molecular weight is 476 g/mol. The summed E-state index contributed by atoms with van der Waals surface area (Å²) in [6.07, 6.45) is 0.0721. The molecule has 0 atom stereocenters. The van der Waals surface area contributed by atoms with Crippen molar-refractivity contribution < 1.29 is 14.4 Å². The van der Waals surface area contributed by atoms with E-state index in [0.717, 1.165) is 21.2 Å². The molecule has 0 spiro atoms. The lowest BCUT2D eigenvalue weighted by Crippen LogP contribution is -2.41. The van der Waals surface area contributed by atoms with Gasteiger partial charge in [0.15, 0.2) is 10.1 Å². The van der Waals surface area contributed by atoms with E-state index in [4.69, 9.17) is 0 Å². The van der Waals surface area contributed by atoms with Crippen LogP contribution >= 0.6 is 23.1 Å². The second kappa shape index (κ2) is 10.9. The molecular formula is C25H21N3O3S2. The minimum absolute atomic E-state index is 0.00403. The first-order chi connectivity index (χ1) is 16.1. The minimum Gasteiger partial charge on any atom is -0.294 e. The number of carbonyl (C=O) groups excluding carboxylic acids is 3. The van der Waals surface area contributed by atoms with Crippen molar-refractivity contribution in [2.45, 2.75) is 22.9 Å². The normalized spacial score (nSPS) is 10.7. The quantitative estimate of drug-likeness (QED) is 0.212. The number of fused-ring (bicyclic) bond motifs is 1. The zero-order valence-corrected chi connectivity index (χ0v) is 19.2. The van der Waals surface area contributed by atoms with Gasteiger partial charge in [-0.2, -0.15) is 0 Å². The predicted octanol–water partition coefficient (Wildman–Crippen LogP) is 5.01. The van der Waals surface area contributed by atoms with Gasteiger partial charge in [0.25, 0.3) is 5.91 Å². The Labute approximate surface area is 199 Å². The van der Waals surface area contributed by atoms with E-state index in [9.17, 15) is 14.4 Å². The maximum absolute atomic E-state index is 12.3. The van der Waals surface area contributed by atoms with E-state index in [1.54, 1.807) is 59.5 Å². The number of ketones is 1. The van der Waals surface area contributed by atoms with Crippen LogP contribution in [0.4, 0.5) is 0 Å². The highest BCUT2D eigenvalue weighted by Crippen LogP contribution is 2.31. The molecule has 8 heteroatoms. The summed E-state index contributed by atoms with van der Waals surface area (Å²) in [7, 11) is 0. The summed E-state index contributed by atoms with van der Waals surface area (Å²) in [6.45, 7) is 0. The maximum Gasteiger partial charge on any atom is 0.269 e. The SMILES string of the molecule is O=C(CCC(=O)c1ccccc1)NNC(=O)c1ccc(CSc2nc3ccccc3s2)cc1. The molecule has 3 aromatic carbocycles. The standard InChI is InChI=1S/C25H21N3O3S2/c29-21(18-6-2-1-3-7-18)14-15-23(30)27-28-24(31)19-12-10-17(11-13-19)16-32-25-26-20-8-4-5-9-22(20)33-25/h1-13H,14-16H2,(H,27,30)(H,28,31). The summed E-state index contributed by atoms with van der Waals surface area (Å²) < 4.78 is 2.17. The molecule has 0 aliphatic rings. The number of hydrogen-bond donors (Lipinski definition) is 2. The van der Waals surface area contributed by atoms with Crippen LogP contribution in [0, 0.1) is 0 Å². The lowest BCUT2D eigenvalue weighted by molar-refractivity contribution is -0.121. The van der Waals surface area contributed by atoms with E-state index in [0.29, 0.717) is 11.1 Å². The fourth-order valence-electron chi connectivity index (χ4n) is 3.07. The number of nitrogens with one attached hydrogen (secondary N) is 2. The summed E-state index contributed by atoms with van der Waals surface area (Å²) in [5.74, 6) is -0.204. The summed E-state index contributed by atoms with van der Waals surface area (Å²) >= 11 is 3.32. The van der Waals surface area contributed by atoms with Crippen LogP contribution in [-0.4, -0.2) is 22.6 Å². The van der Waals surface area contributed by atoms with Crippen molar-refractivity contribution in [2.75, 3.05) is 0 Å². The maximum atomic E-state index is 12.3. The molecule has 0 saturated heterocycles. The van der Waals surface area contributed by atoms with Crippen molar-refractivity contribution in [3.05, 3.63) is 95.6 Å². The van der Waals surface area contributed by atoms with Crippen molar-refractivity contribution in [1.29, 1.82) is 0 Å². The molecule has 4 rings (SSSR count). The molecule has 0 aliphatic heterocycles. The third-order valence-electron chi connectivity index (χ3n) is 4.84. The van der Waals surface area contributed by atoms with Gasteiger partial charge >= 0.3 is 0 Å². The third kappa shape index (κ3) is 6.27. The third-order valence-corrected chi connectivity index (χ3v) is 7.09. The number of amides is 2. The second-order valence-corrected chi connectivity index (χ2v) is 9.48. The van der Waals surface area contributed by atoms with Gasteiger partial charge in [0, 0.05) is 29.7 Å². The monoisotopic (exact) mass is 475 g/mol. The number of rotatable bonds is 8. The Kier molecular flexibility index (Phi) is 7.49. The van der Waals surface area contributed by atoms with E-state index in [1.807, 2.05) is 36.4 Å². The number of thioether (sulfide) groups is 1. The number of carbonyl (C=O) groups is 3. The first-order valence-electron chi connectivity index (χ1n) is 10.3. The predicted molar refractivity (Wildman–Crippen MR) is 131 cm³/mol. The average Bonchev–Trinajstić information content (AvgIpc) is 3.28. The van der Waals surface area contributed by atoms with E-state index in [1.165, 1.54) is 4.70 Å². The summed E-state index contributed by atoms with van der Waals surface area (Å²) in [5, 5.41) is 0. The van der Waals surface area contributed by atoms with Crippen LogP contribution in [0.5, 0.6) is 0 Å². The van der Waals surface area contributed by atoms with E-state index in [2.05, 4.69) is 21.9 Å². The number of hydrogen-bond acceptors (Lipinski definition) is 6. The molecule has 6 nitrogen and oxygen atoms in total. The van der Waals surface area contributed by atoms with Crippen LogP contribution in [0.15, 0.2) is 83.2 Å². The van der Waals surface area contributed by atoms with Gasteiger partial charge in [-0.05, 0) is 29.8 Å². The number of para-hydroxylation sites is 1. The second-order valence-electron chi connectivity index (χ2n) is 7.22. The van der Waals surface area contributed by atoms with Crippen molar-refractivity contribution in [3.63, 3.8) is 0 Å². The number of aromatic nitrogens is 1. The lowest BCUT2D eigenvalue weighted by atomic mass is 10.1. The fourth-order valence-corrected chi connectivity index (χ4v) is 5.09. The Morgan fingerprint density at radius 1 is 0.788 bits per heavy atom. The highest BCUT2D eigenvalue weighted by Gasteiger charge is 2.11. The largest absolute Gasteiger partial charge is 0.294 e. The number of hydrazine groups is 1. The zero-order chi connectivity index (χ0) is 23.0. The molecule has 2 amide bonds. The van der Waals surface area contributed by atoms with Gasteiger partial charge in [0.1, 0.15) is 0 Å². The van der Waals surface area contributed by atoms with Gasteiger partial charge in [-0.3, -0.25) is 25.2 Å². The van der Waals surface area contributed by atoms with Crippen LogP contribution in [0.2, 0.25) is 0 Å². The number of nitrogens with zero attached hydrogens (tertiary/aromatic N) is 1. The molecule has 0 radical (unpaired) electrons. The van der Waals surface area contributed by atoms with Crippen molar-refractivity contribution in [3.8, 4) is 0 Å². The zero-order valence-electron chi connectivity index (χ0n) is 17.6. The number of benzene rings is 3. The van der Waals surface area contributed by atoms with Crippen molar-refractivity contribution in [1.82, 2.24) is 15.8 Å². The molecule has 1 aromatic heterocycles. The van der Waals surface area contributed by atoms with Crippen LogP contribution in [0.25, 0.3) is 10.2 Å². The molecule has 1 heterocycles. The molecule has 0 saturated carbocycles. The molecular weight excluding hydrogens is 454 g/mol. The van der Waals surface area contributed by atoms with Crippen LogP contribution in [-0.2, 0) is 10.5 Å². The smallest absolute Gasteiger partial charge is 0.269 e. The van der Waals surface area contributed by atoms with Crippen LogP contribution in [0.3, 0.4) is 0 Å². The Morgan fingerprint density at radius 2 is 1.52 bits per heavy atom. The Hall–Kier alpha value is -3.49. The highest BCUT2D eigenvalue weighted by molar-refractivity contribution is 8.00. The van der Waals surface area contributed by atoms with E-state index in [-0.39, 0.29) is 18.6 Å². The highest BCUT2D eigenvalue weighted by atomic mass is 32.2. The molecule has 2 N–H and O–H groups in total. The molecule has 0 fully saturated rings. The number of Topliss-reactive ketones (excluding diaryl/α,β-unsaturated/α-hetero) is 1.